The van der Waals surface area contributed by atoms with E-state index in [9.17, 15) is 0 Å². The molecule has 0 aliphatic heterocycles. The number of aryl methyl sites for hydroxylation is 1. The minimum atomic E-state index is 0.142. The van der Waals surface area contributed by atoms with Crippen molar-refractivity contribution in [2.75, 3.05) is 13.7 Å². The Morgan fingerprint density at radius 2 is 2.17 bits per heavy atom. The molecule has 0 saturated heterocycles. The van der Waals surface area contributed by atoms with Crippen LogP contribution in [-0.4, -0.2) is 24.5 Å². The van der Waals surface area contributed by atoms with Crippen molar-refractivity contribution >= 4 is 5.71 Å². The summed E-state index contributed by atoms with van der Waals surface area (Å²) >= 11 is 0. The van der Waals surface area contributed by atoms with Gasteiger partial charge in [0, 0.05) is 19.2 Å². The number of nitrogens with zero attached hydrogens (tertiary/aromatic N) is 1. The fraction of sp³-hybridized carbons (Fsp3) is 0.312. The monoisotopic (exact) mass is 243 g/mol. The van der Waals surface area contributed by atoms with Gasteiger partial charge >= 0.3 is 0 Å². The minimum Gasteiger partial charge on any atom is -0.396 e. The predicted octanol–water partition coefficient (Wildman–Crippen LogP) is 3.08. The second kappa shape index (κ2) is 6.92. The van der Waals surface area contributed by atoms with Crippen LogP contribution in [0.25, 0.3) is 0 Å². The average Bonchev–Trinajstić information content (AvgIpc) is 2.34. The molecule has 96 valence electrons. The van der Waals surface area contributed by atoms with Crippen molar-refractivity contribution in [1.29, 1.82) is 0 Å². The number of aliphatic imine (C=N–C) groups is 1. The first kappa shape index (κ1) is 14.4. The van der Waals surface area contributed by atoms with Gasteiger partial charge < -0.3 is 5.11 Å². The first-order valence-corrected chi connectivity index (χ1v) is 6.13. The third kappa shape index (κ3) is 3.41. The maximum absolute atomic E-state index is 9.13. The van der Waals surface area contributed by atoms with Gasteiger partial charge in [-0.1, -0.05) is 36.4 Å². The van der Waals surface area contributed by atoms with Crippen LogP contribution in [0.1, 0.15) is 23.6 Å². The molecule has 18 heavy (non-hydrogen) atoms. The molecule has 0 aromatic heterocycles. The Hall–Kier alpha value is -1.67. The topological polar surface area (TPSA) is 32.6 Å². The molecule has 1 rings (SSSR count). The van der Waals surface area contributed by atoms with Crippen LogP contribution in [0, 0.1) is 6.92 Å². The van der Waals surface area contributed by atoms with Crippen molar-refractivity contribution in [3.05, 3.63) is 59.2 Å². The molecule has 0 aliphatic rings. The van der Waals surface area contributed by atoms with Crippen LogP contribution in [0.3, 0.4) is 0 Å². The number of aliphatic hydroxyl groups is 1. The maximum atomic E-state index is 9.13. The van der Waals surface area contributed by atoms with E-state index in [4.69, 9.17) is 5.11 Å². The van der Waals surface area contributed by atoms with E-state index in [0.29, 0.717) is 6.42 Å². The summed E-state index contributed by atoms with van der Waals surface area (Å²) in [6, 6.07) is 6.21. The quantitative estimate of drug-likeness (QED) is 0.625. The molecule has 0 bridgehead atoms. The highest BCUT2D eigenvalue weighted by molar-refractivity contribution is 6.14. The Bertz CT molecular complexity index is 484. The normalized spacial score (nSPS) is 12.1. The number of aliphatic hydroxyl groups excluding tert-OH is 1. The van der Waals surface area contributed by atoms with Gasteiger partial charge in [-0.25, -0.2) is 0 Å². The molecule has 1 N–H and O–H groups in total. The molecule has 1 aromatic rings. The van der Waals surface area contributed by atoms with Gasteiger partial charge in [-0.15, -0.1) is 0 Å². The Morgan fingerprint density at radius 3 is 2.72 bits per heavy atom. The summed E-state index contributed by atoms with van der Waals surface area (Å²) in [5.41, 5.74) is 5.13. The van der Waals surface area contributed by atoms with Gasteiger partial charge in [0.2, 0.25) is 0 Å². The molecule has 0 spiro atoms. The van der Waals surface area contributed by atoms with Crippen molar-refractivity contribution in [2.24, 2.45) is 4.99 Å². The van der Waals surface area contributed by atoms with Crippen LogP contribution >= 0.6 is 0 Å². The Morgan fingerprint density at radius 1 is 1.44 bits per heavy atom. The summed E-state index contributed by atoms with van der Waals surface area (Å²) in [5, 5.41) is 9.13. The van der Waals surface area contributed by atoms with Gasteiger partial charge in [0.25, 0.3) is 0 Å². The highest BCUT2D eigenvalue weighted by Gasteiger charge is 2.10. The van der Waals surface area contributed by atoms with E-state index in [0.717, 1.165) is 22.4 Å². The molecule has 0 aliphatic carbocycles. The predicted molar refractivity (Wildman–Crippen MR) is 78.4 cm³/mol. The average molecular weight is 243 g/mol. The largest absolute Gasteiger partial charge is 0.396 e. The standard InChI is InChI=1S/C16H21NO/c1-5-6-13(3)16(17-4)15-11-12(2)7-8-14(15)9-10-18/h5-8,11,18H,3,9-10H2,1-2,4H3/b6-5-,17-16?. The van der Waals surface area contributed by atoms with Crippen LogP contribution in [0.5, 0.6) is 0 Å². The van der Waals surface area contributed by atoms with Crippen LogP contribution in [0.2, 0.25) is 0 Å². The molecule has 0 radical (unpaired) electrons. The lowest BCUT2D eigenvalue weighted by atomic mass is 9.94. The third-order valence-electron chi connectivity index (χ3n) is 2.80. The summed E-state index contributed by atoms with van der Waals surface area (Å²) in [5.74, 6) is 0. The maximum Gasteiger partial charge on any atom is 0.0712 e. The zero-order chi connectivity index (χ0) is 13.5. The molecule has 2 nitrogen and oxygen atoms in total. The Balaban J connectivity index is 3.27. The third-order valence-corrected chi connectivity index (χ3v) is 2.80. The zero-order valence-electron chi connectivity index (χ0n) is 11.4. The van der Waals surface area contributed by atoms with Crippen molar-refractivity contribution in [3.8, 4) is 0 Å². The van der Waals surface area contributed by atoms with E-state index in [1.54, 1.807) is 7.05 Å². The highest BCUT2D eigenvalue weighted by atomic mass is 16.2. The van der Waals surface area contributed by atoms with Gasteiger partial charge in [0.05, 0.1) is 5.71 Å². The molecule has 0 unspecified atom stereocenters. The summed E-state index contributed by atoms with van der Waals surface area (Å²) in [7, 11) is 1.77. The van der Waals surface area contributed by atoms with Gasteiger partial charge in [0.15, 0.2) is 0 Å². The molecule has 0 atom stereocenters. The second-order valence-corrected chi connectivity index (χ2v) is 4.23. The first-order valence-electron chi connectivity index (χ1n) is 6.13. The molecule has 0 fully saturated rings. The SMILES string of the molecule is C=C(/C=C\C)C(=NC)c1cc(C)ccc1CCO. The highest BCUT2D eigenvalue weighted by Crippen LogP contribution is 2.17. The van der Waals surface area contributed by atoms with Gasteiger partial charge in [-0.2, -0.15) is 0 Å². The summed E-state index contributed by atoms with van der Waals surface area (Å²) < 4.78 is 0. The number of hydrogen-bond acceptors (Lipinski definition) is 2. The lowest BCUT2D eigenvalue weighted by Crippen LogP contribution is -2.08. The van der Waals surface area contributed by atoms with E-state index < -0.39 is 0 Å². The van der Waals surface area contributed by atoms with Gasteiger partial charge in [0.1, 0.15) is 0 Å². The molecule has 0 heterocycles. The summed E-state index contributed by atoms with van der Waals surface area (Å²) in [6.45, 7) is 8.20. The second-order valence-electron chi connectivity index (χ2n) is 4.23. The van der Waals surface area contributed by atoms with Crippen molar-refractivity contribution in [1.82, 2.24) is 0 Å². The fourth-order valence-electron chi connectivity index (χ4n) is 1.97. The van der Waals surface area contributed by atoms with E-state index in [2.05, 4.69) is 36.7 Å². The van der Waals surface area contributed by atoms with Crippen molar-refractivity contribution in [2.45, 2.75) is 20.3 Å². The van der Waals surface area contributed by atoms with E-state index in [1.807, 2.05) is 19.1 Å². The molecule has 1 aromatic carbocycles. The Labute approximate surface area is 109 Å². The van der Waals surface area contributed by atoms with E-state index in [1.165, 1.54) is 5.56 Å². The molecule has 2 heteroatoms. The minimum absolute atomic E-state index is 0.142. The Kier molecular flexibility index (Phi) is 5.53. The zero-order valence-corrected chi connectivity index (χ0v) is 11.4. The molecular formula is C16H21NO. The fourth-order valence-corrected chi connectivity index (χ4v) is 1.97. The van der Waals surface area contributed by atoms with Gasteiger partial charge in [-0.05, 0) is 37.5 Å². The lowest BCUT2D eigenvalue weighted by molar-refractivity contribution is 0.299. The summed E-state index contributed by atoms with van der Waals surface area (Å²) in [4.78, 5) is 4.35. The molecular weight excluding hydrogens is 222 g/mol. The van der Waals surface area contributed by atoms with E-state index in [-0.39, 0.29) is 6.61 Å². The van der Waals surface area contributed by atoms with Crippen LogP contribution in [0.4, 0.5) is 0 Å². The number of hydrogen-bond donors (Lipinski definition) is 1. The molecule has 0 amide bonds. The summed E-state index contributed by atoms with van der Waals surface area (Å²) in [6.07, 6.45) is 4.54. The first-order chi connectivity index (χ1) is 8.63. The van der Waals surface area contributed by atoms with Crippen LogP contribution in [-0.2, 0) is 6.42 Å². The lowest BCUT2D eigenvalue weighted by Gasteiger charge is -2.12. The smallest absolute Gasteiger partial charge is 0.0712 e. The van der Waals surface area contributed by atoms with E-state index >= 15 is 0 Å². The van der Waals surface area contributed by atoms with Crippen molar-refractivity contribution in [3.63, 3.8) is 0 Å². The van der Waals surface area contributed by atoms with Crippen molar-refractivity contribution < 1.29 is 5.11 Å². The van der Waals surface area contributed by atoms with Gasteiger partial charge in [-0.3, -0.25) is 4.99 Å². The van der Waals surface area contributed by atoms with Crippen LogP contribution in [0.15, 0.2) is 47.5 Å². The number of allylic oxidation sites excluding steroid dienone is 3. The number of rotatable bonds is 5. The van der Waals surface area contributed by atoms with Crippen LogP contribution < -0.4 is 0 Å². The molecule has 0 saturated carbocycles. The number of benzene rings is 1.